The molecule has 2 aliphatic rings. The topological polar surface area (TPSA) is 70.7 Å². The van der Waals surface area contributed by atoms with Gasteiger partial charge in [0.2, 0.25) is 5.91 Å². The zero-order valence-corrected chi connectivity index (χ0v) is 13.9. The van der Waals surface area contributed by atoms with Gasteiger partial charge in [-0.25, -0.2) is 4.79 Å². The molecule has 6 heteroatoms. The van der Waals surface area contributed by atoms with Crippen molar-refractivity contribution in [3.63, 3.8) is 0 Å². The standard InChI is InChI=1S/C18H25N3O3/c22-17(21-11-15-4-1-2-5-16(15)12-21)6-3-8-19-18(23)20-10-14-7-9-24-13-14/h1-2,4-5,14H,3,6-13H2,(H2,19,20,23). The molecule has 1 unspecified atom stereocenters. The molecule has 3 amide bonds. The molecule has 1 aromatic carbocycles. The van der Waals surface area contributed by atoms with Gasteiger partial charge in [-0.3, -0.25) is 4.79 Å². The van der Waals surface area contributed by atoms with Gasteiger partial charge in [0, 0.05) is 45.1 Å². The smallest absolute Gasteiger partial charge is 0.314 e. The molecule has 130 valence electrons. The Morgan fingerprint density at radius 1 is 1.17 bits per heavy atom. The zero-order valence-electron chi connectivity index (χ0n) is 13.9. The first kappa shape index (κ1) is 16.8. The number of benzene rings is 1. The monoisotopic (exact) mass is 331 g/mol. The summed E-state index contributed by atoms with van der Waals surface area (Å²) in [5.74, 6) is 0.575. The lowest BCUT2D eigenvalue weighted by Gasteiger charge is -2.15. The lowest BCUT2D eigenvalue weighted by molar-refractivity contribution is -0.131. The highest BCUT2D eigenvalue weighted by molar-refractivity contribution is 5.77. The van der Waals surface area contributed by atoms with Crippen LogP contribution in [0.5, 0.6) is 0 Å². The highest BCUT2D eigenvalue weighted by Gasteiger charge is 2.22. The number of fused-ring (bicyclic) bond motifs is 1. The van der Waals surface area contributed by atoms with Gasteiger partial charge in [0.25, 0.3) is 0 Å². The summed E-state index contributed by atoms with van der Waals surface area (Å²) in [6.45, 7) is 4.08. The van der Waals surface area contributed by atoms with Gasteiger partial charge >= 0.3 is 6.03 Å². The van der Waals surface area contributed by atoms with E-state index in [1.54, 1.807) is 0 Å². The number of rotatable bonds is 6. The fourth-order valence-electron chi connectivity index (χ4n) is 3.15. The highest BCUT2D eigenvalue weighted by atomic mass is 16.5. The van der Waals surface area contributed by atoms with Crippen LogP contribution in [0.15, 0.2) is 24.3 Å². The minimum Gasteiger partial charge on any atom is -0.381 e. The number of urea groups is 1. The summed E-state index contributed by atoms with van der Waals surface area (Å²) in [5.41, 5.74) is 2.47. The van der Waals surface area contributed by atoms with Gasteiger partial charge in [0.05, 0.1) is 6.61 Å². The third-order valence-electron chi connectivity index (χ3n) is 4.62. The van der Waals surface area contributed by atoms with Crippen molar-refractivity contribution >= 4 is 11.9 Å². The van der Waals surface area contributed by atoms with Crippen molar-refractivity contribution in [2.45, 2.75) is 32.4 Å². The number of hydrogen-bond acceptors (Lipinski definition) is 3. The Morgan fingerprint density at radius 2 is 1.92 bits per heavy atom. The summed E-state index contributed by atoms with van der Waals surface area (Å²) in [7, 11) is 0. The third kappa shape index (κ3) is 4.47. The van der Waals surface area contributed by atoms with Crippen molar-refractivity contribution in [1.82, 2.24) is 15.5 Å². The van der Waals surface area contributed by atoms with E-state index in [4.69, 9.17) is 4.74 Å². The summed E-state index contributed by atoms with van der Waals surface area (Å²) >= 11 is 0. The number of nitrogens with zero attached hydrogens (tertiary/aromatic N) is 1. The first-order valence-electron chi connectivity index (χ1n) is 8.66. The van der Waals surface area contributed by atoms with E-state index in [0.29, 0.717) is 44.9 Å². The summed E-state index contributed by atoms with van der Waals surface area (Å²) in [6, 6.07) is 8.00. The molecule has 0 aromatic heterocycles. The van der Waals surface area contributed by atoms with Crippen LogP contribution in [0.25, 0.3) is 0 Å². The number of hydrogen-bond donors (Lipinski definition) is 2. The average molecular weight is 331 g/mol. The van der Waals surface area contributed by atoms with E-state index in [1.807, 2.05) is 17.0 Å². The largest absolute Gasteiger partial charge is 0.381 e. The highest BCUT2D eigenvalue weighted by Crippen LogP contribution is 2.22. The lowest BCUT2D eigenvalue weighted by Crippen LogP contribution is -2.39. The Hall–Kier alpha value is -2.08. The van der Waals surface area contributed by atoms with Crippen LogP contribution in [-0.2, 0) is 22.6 Å². The molecule has 1 aromatic rings. The van der Waals surface area contributed by atoms with Gasteiger partial charge in [-0.2, -0.15) is 0 Å². The number of carbonyl (C=O) groups is 2. The number of nitrogens with one attached hydrogen (secondary N) is 2. The summed E-state index contributed by atoms with van der Waals surface area (Å²) in [6.07, 6.45) is 2.13. The maximum Gasteiger partial charge on any atom is 0.314 e. The number of amides is 3. The quantitative estimate of drug-likeness (QED) is 0.779. The van der Waals surface area contributed by atoms with Crippen LogP contribution in [0.2, 0.25) is 0 Å². The first-order valence-corrected chi connectivity index (χ1v) is 8.66. The molecule has 1 atom stereocenters. The van der Waals surface area contributed by atoms with Crippen LogP contribution < -0.4 is 10.6 Å². The van der Waals surface area contributed by atoms with Crippen molar-refractivity contribution in [3.05, 3.63) is 35.4 Å². The molecule has 2 aliphatic heterocycles. The molecular weight excluding hydrogens is 306 g/mol. The van der Waals surface area contributed by atoms with E-state index in [-0.39, 0.29) is 11.9 Å². The Balaban J connectivity index is 1.28. The van der Waals surface area contributed by atoms with Crippen molar-refractivity contribution in [2.75, 3.05) is 26.3 Å². The number of ether oxygens (including phenoxy) is 1. The predicted molar refractivity (Wildman–Crippen MR) is 90.3 cm³/mol. The molecule has 2 N–H and O–H groups in total. The molecule has 0 spiro atoms. The Bertz CT molecular complexity index is 560. The van der Waals surface area contributed by atoms with E-state index in [9.17, 15) is 9.59 Å². The molecule has 0 radical (unpaired) electrons. The van der Waals surface area contributed by atoms with Crippen molar-refractivity contribution in [1.29, 1.82) is 0 Å². The second kappa shape index (κ2) is 8.15. The van der Waals surface area contributed by atoms with Gasteiger partial charge < -0.3 is 20.3 Å². The van der Waals surface area contributed by atoms with E-state index < -0.39 is 0 Å². The van der Waals surface area contributed by atoms with Crippen molar-refractivity contribution in [2.24, 2.45) is 5.92 Å². The maximum absolute atomic E-state index is 12.2. The minimum absolute atomic E-state index is 0.150. The van der Waals surface area contributed by atoms with Crippen LogP contribution in [0.1, 0.15) is 30.4 Å². The Labute approximate surface area is 142 Å². The summed E-state index contributed by atoms with van der Waals surface area (Å²) in [4.78, 5) is 25.8. The Kier molecular flexibility index (Phi) is 5.69. The molecule has 0 bridgehead atoms. The van der Waals surface area contributed by atoms with Gasteiger partial charge in [-0.15, -0.1) is 0 Å². The minimum atomic E-state index is -0.164. The molecule has 2 heterocycles. The van der Waals surface area contributed by atoms with Crippen LogP contribution in [0, 0.1) is 5.92 Å². The van der Waals surface area contributed by atoms with Crippen LogP contribution in [0.4, 0.5) is 4.79 Å². The fraction of sp³-hybridized carbons (Fsp3) is 0.556. The van der Waals surface area contributed by atoms with Gasteiger partial charge in [-0.1, -0.05) is 24.3 Å². The molecule has 1 saturated heterocycles. The van der Waals surface area contributed by atoms with Gasteiger partial charge in [0.1, 0.15) is 0 Å². The molecule has 1 fully saturated rings. The third-order valence-corrected chi connectivity index (χ3v) is 4.62. The Morgan fingerprint density at radius 3 is 2.58 bits per heavy atom. The second-order valence-electron chi connectivity index (χ2n) is 6.49. The van der Waals surface area contributed by atoms with Gasteiger partial charge in [-0.05, 0) is 24.0 Å². The molecule has 0 aliphatic carbocycles. The average Bonchev–Trinajstić information content (AvgIpc) is 3.25. The van der Waals surface area contributed by atoms with Crippen molar-refractivity contribution in [3.8, 4) is 0 Å². The zero-order chi connectivity index (χ0) is 16.8. The van der Waals surface area contributed by atoms with E-state index in [0.717, 1.165) is 19.6 Å². The SMILES string of the molecule is O=C(NCCCC(=O)N1Cc2ccccc2C1)NCC1CCOC1. The molecular formula is C18H25N3O3. The van der Waals surface area contributed by atoms with E-state index in [1.165, 1.54) is 11.1 Å². The lowest BCUT2D eigenvalue weighted by atomic mass is 10.1. The van der Waals surface area contributed by atoms with E-state index >= 15 is 0 Å². The maximum atomic E-state index is 12.2. The second-order valence-corrected chi connectivity index (χ2v) is 6.49. The normalized spacial score (nSPS) is 19.2. The fourth-order valence-corrected chi connectivity index (χ4v) is 3.15. The first-order chi connectivity index (χ1) is 11.7. The predicted octanol–water partition coefficient (Wildman–Crippen LogP) is 1.64. The van der Waals surface area contributed by atoms with Crippen LogP contribution in [0.3, 0.4) is 0 Å². The summed E-state index contributed by atoms with van der Waals surface area (Å²) in [5, 5.41) is 5.66. The van der Waals surface area contributed by atoms with Gasteiger partial charge in [0.15, 0.2) is 0 Å². The van der Waals surface area contributed by atoms with E-state index in [2.05, 4.69) is 22.8 Å². The van der Waals surface area contributed by atoms with Crippen molar-refractivity contribution < 1.29 is 14.3 Å². The molecule has 3 rings (SSSR count). The number of carbonyl (C=O) groups excluding carboxylic acids is 2. The summed E-state index contributed by atoms with van der Waals surface area (Å²) < 4.78 is 5.27. The molecule has 6 nitrogen and oxygen atoms in total. The van der Waals surface area contributed by atoms with Crippen LogP contribution >= 0.6 is 0 Å². The molecule has 0 saturated carbocycles. The molecule has 24 heavy (non-hydrogen) atoms. The van der Waals surface area contributed by atoms with Crippen LogP contribution in [-0.4, -0.2) is 43.1 Å².